The van der Waals surface area contributed by atoms with E-state index in [1.165, 1.54) is 0 Å². The molecule has 0 spiro atoms. The summed E-state index contributed by atoms with van der Waals surface area (Å²) < 4.78 is 16.2. The van der Waals surface area contributed by atoms with Crippen LogP contribution in [0.3, 0.4) is 0 Å². The topological polar surface area (TPSA) is 69.4 Å². The van der Waals surface area contributed by atoms with E-state index in [0.29, 0.717) is 23.3 Å². The van der Waals surface area contributed by atoms with Crippen molar-refractivity contribution in [1.29, 1.82) is 0 Å². The zero-order valence-electron chi connectivity index (χ0n) is 12.8. The molecule has 0 aliphatic rings. The lowest BCUT2D eigenvalue weighted by Crippen LogP contribution is -2.19. The number of nitrogens with zero attached hydrogens (tertiary/aromatic N) is 2. The minimum Gasteiger partial charge on any atom is -0.493 e. The number of ether oxygens (including phenoxy) is 2. The molecule has 0 saturated carbocycles. The maximum atomic E-state index is 5.72. The Balaban J connectivity index is 2.21. The fraction of sp³-hybridized carbons (Fsp3) is 0.467. The van der Waals surface area contributed by atoms with E-state index in [2.05, 4.69) is 22.4 Å². The van der Waals surface area contributed by atoms with Gasteiger partial charge >= 0.3 is 0 Å². The largest absolute Gasteiger partial charge is 0.493 e. The van der Waals surface area contributed by atoms with Crippen molar-refractivity contribution in [3.8, 4) is 23.0 Å². The second kappa shape index (κ2) is 7.08. The molecule has 1 heterocycles. The molecule has 0 radical (unpaired) electrons. The summed E-state index contributed by atoms with van der Waals surface area (Å²) in [4.78, 5) is 0. The van der Waals surface area contributed by atoms with Gasteiger partial charge in [0.25, 0.3) is 0 Å². The lowest BCUT2D eigenvalue weighted by atomic mass is 10.2. The zero-order chi connectivity index (χ0) is 15.2. The molecule has 0 aliphatic heterocycles. The molecule has 21 heavy (non-hydrogen) atoms. The standard InChI is InChI=1S/C15H21N3O3/c1-5-8-16-10(2)14-17-18-15(21-14)11-6-7-12(19-3)13(9-11)20-4/h6-7,9-10,16H,5,8H2,1-4H3. The fourth-order valence-electron chi connectivity index (χ4n) is 1.94. The first-order valence-corrected chi connectivity index (χ1v) is 6.98. The summed E-state index contributed by atoms with van der Waals surface area (Å²) in [6, 6.07) is 5.53. The number of hydrogen-bond acceptors (Lipinski definition) is 6. The zero-order valence-corrected chi connectivity index (χ0v) is 12.8. The van der Waals surface area contributed by atoms with Gasteiger partial charge in [-0.25, -0.2) is 0 Å². The van der Waals surface area contributed by atoms with Gasteiger partial charge in [0, 0.05) is 5.56 Å². The molecular formula is C15H21N3O3. The average Bonchev–Trinajstić information content (AvgIpc) is 3.01. The van der Waals surface area contributed by atoms with Crippen molar-refractivity contribution < 1.29 is 13.9 Å². The Bertz CT molecular complexity index is 583. The van der Waals surface area contributed by atoms with E-state index < -0.39 is 0 Å². The normalized spacial score (nSPS) is 12.2. The lowest BCUT2D eigenvalue weighted by Gasteiger charge is -2.08. The molecule has 0 saturated heterocycles. The molecule has 0 aliphatic carbocycles. The molecular weight excluding hydrogens is 270 g/mol. The molecule has 0 amide bonds. The van der Waals surface area contributed by atoms with Crippen LogP contribution >= 0.6 is 0 Å². The van der Waals surface area contributed by atoms with Crippen molar-refractivity contribution in [3.05, 3.63) is 24.1 Å². The van der Waals surface area contributed by atoms with E-state index in [9.17, 15) is 0 Å². The van der Waals surface area contributed by atoms with Crippen molar-refractivity contribution in [2.75, 3.05) is 20.8 Å². The predicted octanol–water partition coefficient (Wildman–Crippen LogP) is 2.81. The Hall–Kier alpha value is -2.08. The highest BCUT2D eigenvalue weighted by molar-refractivity contribution is 5.59. The van der Waals surface area contributed by atoms with Gasteiger partial charge in [-0.3, -0.25) is 0 Å². The molecule has 1 atom stereocenters. The highest BCUT2D eigenvalue weighted by atomic mass is 16.5. The Labute approximate surface area is 124 Å². The summed E-state index contributed by atoms with van der Waals surface area (Å²) >= 11 is 0. The summed E-state index contributed by atoms with van der Waals surface area (Å²) in [6.45, 7) is 5.03. The van der Waals surface area contributed by atoms with E-state index in [0.717, 1.165) is 18.5 Å². The molecule has 6 nitrogen and oxygen atoms in total. The van der Waals surface area contributed by atoms with Gasteiger partial charge in [-0.05, 0) is 38.1 Å². The first-order valence-electron chi connectivity index (χ1n) is 6.98. The van der Waals surface area contributed by atoms with Crippen LogP contribution in [0.5, 0.6) is 11.5 Å². The number of methoxy groups -OCH3 is 2. The maximum absolute atomic E-state index is 5.72. The molecule has 1 aromatic heterocycles. The minimum atomic E-state index is 0.0337. The first kappa shape index (κ1) is 15.3. The van der Waals surface area contributed by atoms with Crippen LogP contribution < -0.4 is 14.8 Å². The molecule has 1 N–H and O–H groups in total. The second-order valence-corrected chi connectivity index (χ2v) is 4.69. The lowest BCUT2D eigenvalue weighted by molar-refractivity contribution is 0.355. The van der Waals surface area contributed by atoms with Crippen molar-refractivity contribution in [2.45, 2.75) is 26.3 Å². The van der Waals surface area contributed by atoms with Crippen LogP contribution in [0, 0.1) is 0 Å². The van der Waals surface area contributed by atoms with Gasteiger partial charge < -0.3 is 19.2 Å². The number of aromatic nitrogens is 2. The first-order chi connectivity index (χ1) is 10.2. The highest BCUT2D eigenvalue weighted by Gasteiger charge is 2.15. The second-order valence-electron chi connectivity index (χ2n) is 4.69. The number of benzene rings is 1. The van der Waals surface area contributed by atoms with Gasteiger partial charge in [0.05, 0.1) is 20.3 Å². The molecule has 0 fully saturated rings. The molecule has 1 unspecified atom stereocenters. The van der Waals surface area contributed by atoms with Crippen LogP contribution in [0.25, 0.3) is 11.5 Å². The quantitative estimate of drug-likeness (QED) is 0.846. The third-order valence-electron chi connectivity index (χ3n) is 3.14. The van der Waals surface area contributed by atoms with Crippen LogP contribution in [0.4, 0.5) is 0 Å². The number of hydrogen-bond donors (Lipinski definition) is 1. The summed E-state index contributed by atoms with van der Waals surface area (Å²) in [5.74, 6) is 2.34. The van der Waals surface area contributed by atoms with E-state index in [1.54, 1.807) is 14.2 Å². The Morgan fingerprint density at radius 3 is 2.62 bits per heavy atom. The van der Waals surface area contributed by atoms with Crippen LogP contribution in [0.15, 0.2) is 22.6 Å². The third-order valence-corrected chi connectivity index (χ3v) is 3.14. The van der Waals surface area contributed by atoms with Crippen molar-refractivity contribution in [3.63, 3.8) is 0 Å². The van der Waals surface area contributed by atoms with Crippen LogP contribution in [-0.2, 0) is 0 Å². The van der Waals surface area contributed by atoms with Gasteiger partial charge in [-0.1, -0.05) is 6.92 Å². The van der Waals surface area contributed by atoms with Gasteiger partial charge in [-0.2, -0.15) is 0 Å². The maximum Gasteiger partial charge on any atom is 0.247 e. The van der Waals surface area contributed by atoms with Crippen LogP contribution in [0.1, 0.15) is 32.2 Å². The fourth-order valence-corrected chi connectivity index (χ4v) is 1.94. The van der Waals surface area contributed by atoms with Crippen molar-refractivity contribution in [2.24, 2.45) is 0 Å². The Morgan fingerprint density at radius 2 is 1.95 bits per heavy atom. The summed E-state index contributed by atoms with van der Waals surface area (Å²) in [5, 5.41) is 11.5. The number of rotatable bonds is 7. The molecule has 2 aromatic rings. The summed E-state index contributed by atoms with van der Waals surface area (Å²) in [7, 11) is 3.20. The molecule has 6 heteroatoms. The molecule has 0 bridgehead atoms. The van der Waals surface area contributed by atoms with Gasteiger partial charge in [-0.15, -0.1) is 10.2 Å². The molecule has 1 aromatic carbocycles. The van der Waals surface area contributed by atoms with Crippen LogP contribution in [-0.4, -0.2) is 31.0 Å². The minimum absolute atomic E-state index is 0.0337. The number of nitrogens with one attached hydrogen (secondary N) is 1. The van der Waals surface area contributed by atoms with Crippen molar-refractivity contribution >= 4 is 0 Å². The summed E-state index contributed by atoms with van der Waals surface area (Å²) in [6.07, 6.45) is 1.06. The molecule has 2 rings (SSSR count). The van der Waals surface area contributed by atoms with Gasteiger partial charge in [0.1, 0.15) is 0 Å². The van der Waals surface area contributed by atoms with E-state index in [1.807, 2.05) is 25.1 Å². The predicted molar refractivity (Wildman–Crippen MR) is 79.5 cm³/mol. The summed E-state index contributed by atoms with van der Waals surface area (Å²) in [5.41, 5.74) is 0.800. The van der Waals surface area contributed by atoms with E-state index in [-0.39, 0.29) is 6.04 Å². The van der Waals surface area contributed by atoms with E-state index >= 15 is 0 Å². The van der Waals surface area contributed by atoms with E-state index in [4.69, 9.17) is 13.9 Å². The Morgan fingerprint density at radius 1 is 1.19 bits per heavy atom. The Kier molecular flexibility index (Phi) is 5.16. The van der Waals surface area contributed by atoms with Gasteiger partial charge in [0.15, 0.2) is 11.5 Å². The smallest absolute Gasteiger partial charge is 0.247 e. The highest BCUT2D eigenvalue weighted by Crippen LogP contribution is 2.32. The van der Waals surface area contributed by atoms with Crippen LogP contribution in [0.2, 0.25) is 0 Å². The monoisotopic (exact) mass is 291 g/mol. The average molecular weight is 291 g/mol. The van der Waals surface area contributed by atoms with Crippen molar-refractivity contribution in [1.82, 2.24) is 15.5 Å². The SMILES string of the molecule is CCCNC(C)c1nnc(-c2ccc(OC)c(OC)c2)o1. The third kappa shape index (κ3) is 3.52. The van der Waals surface area contributed by atoms with Gasteiger partial charge in [0.2, 0.25) is 11.8 Å². The molecule has 114 valence electrons.